The van der Waals surface area contributed by atoms with Crippen LogP contribution in [0.2, 0.25) is 0 Å². The molecule has 16 heavy (non-hydrogen) atoms. The van der Waals surface area contributed by atoms with Crippen molar-refractivity contribution in [2.45, 2.75) is 6.54 Å². The number of nitrogens with zero attached hydrogens (tertiary/aromatic N) is 5. The molecule has 0 aliphatic carbocycles. The highest BCUT2D eigenvalue weighted by molar-refractivity contribution is 5.42. The van der Waals surface area contributed by atoms with E-state index in [9.17, 15) is 0 Å². The molecule has 0 bridgehead atoms. The fraction of sp³-hybridized carbons (Fsp3) is 0.111. The van der Waals surface area contributed by atoms with Crippen molar-refractivity contribution >= 4 is 11.5 Å². The molecule has 1 N–H and O–H groups in total. The van der Waals surface area contributed by atoms with E-state index in [4.69, 9.17) is 4.42 Å². The zero-order chi connectivity index (χ0) is 10.8. The molecule has 0 spiro atoms. The van der Waals surface area contributed by atoms with Crippen LogP contribution in [0.4, 0.5) is 5.82 Å². The molecule has 0 fully saturated rings. The van der Waals surface area contributed by atoms with E-state index < -0.39 is 0 Å². The third kappa shape index (κ3) is 1.58. The summed E-state index contributed by atoms with van der Waals surface area (Å²) in [6, 6.07) is 7.34. The number of fused-ring (bicyclic) bond motifs is 1. The molecular weight excluding hydrogens is 208 g/mol. The van der Waals surface area contributed by atoms with Gasteiger partial charge in [-0.25, -0.2) is 0 Å². The monoisotopic (exact) mass is 216 g/mol. The molecule has 7 nitrogen and oxygen atoms in total. The van der Waals surface area contributed by atoms with Gasteiger partial charge < -0.3 is 9.73 Å². The number of rotatable bonds is 3. The standard InChI is InChI=1S/C9H8N6O/c1-2-7(16-5-1)6-10-8-3-4-9-11-13-14-15(9)12-8/h1-5H,6H2,(H,10,12). The molecule has 0 aromatic carbocycles. The number of hydrogen-bond donors (Lipinski definition) is 1. The Morgan fingerprint density at radius 1 is 1.31 bits per heavy atom. The van der Waals surface area contributed by atoms with Crippen LogP contribution in [0.5, 0.6) is 0 Å². The van der Waals surface area contributed by atoms with Gasteiger partial charge in [0.05, 0.1) is 12.8 Å². The van der Waals surface area contributed by atoms with Crippen molar-refractivity contribution in [3.8, 4) is 0 Å². The van der Waals surface area contributed by atoms with Crippen LogP contribution in [-0.2, 0) is 6.54 Å². The average molecular weight is 216 g/mol. The number of hydrogen-bond acceptors (Lipinski definition) is 6. The highest BCUT2D eigenvalue weighted by Gasteiger charge is 2.01. The van der Waals surface area contributed by atoms with Gasteiger partial charge in [-0.3, -0.25) is 0 Å². The molecular formula is C9H8N6O. The molecule has 0 unspecified atom stereocenters. The summed E-state index contributed by atoms with van der Waals surface area (Å²) in [5.74, 6) is 1.54. The predicted octanol–water partition coefficient (Wildman–Crippen LogP) is 0.724. The van der Waals surface area contributed by atoms with Gasteiger partial charge in [0.25, 0.3) is 0 Å². The second kappa shape index (κ2) is 3.61. The van der Waals surface area contributed by atoms with E-state index in [-0.39, 0.29) is 0 Å². The maximum atomic E-state index is 5.19. The zero-order valence-electron chi connectivity index (χ0n) is 8.24. The first-order valence-electron chi connectivity index (χ1n) is 4.73. The van der Waals surface area contributed by atoms with E-state index in [2.05, 4.69) is 25.9 Å². The van der Waals surface area contributed by atoms with Crippen molar-refractivity contribution in [2.75, 3.05) is 5.32 Å². The lowest BCUT2D eigenvalue weighted by Crippen LogP contribution is -2.04. The topological polar surface area (TPSA) is 81.1 Å². The number of aromatic nitrogens is 5. The normalized spacial score (nSPS) is 10.8. The van der Waals surface area contributed by atoms with E-state index in [0.29, 0.717) is 18.0 Å². The molecule has 3 aromatic heterocycles. The maximum Gasteiger partial charge on any atom is 0.200 e. The number of tetrazole rings is 1. The molecule has 3 heterocycles. The summed E-state index contributed by atoms with van der Waals surface area (Å²) in [7, 11) is 0. The maximum absolute atomic E-state index is 5.19. The highest BCUT2D eigenvalue weighted by atomic mass is 16.3. The van der Waals surface area contributed by atoms with E-state index in [1.165, 1.54) is 4.63 Å². The lowest BCUT2D eigenvalue weighted by Gasteiger charge is -2.01. The molecule has 0 radical (unpaired) electrons. The Balaban J connectivity index is 1.78. The van der Waals surface area contributed by atoms with Crippen LogP contribution in [0.15, 0.2) is 34.9 Å². The lowest BCUT2D eigenvalue weighted by molar-refractivity contribution is 0.517. The summed E-state index contributed by atoms with van der Waals surface area (Å²) < 4.78 is 6.56. The van der Waals surface area contributed by atoms with Gasteiger partial charge in [0.15, 0.2) is 5.65 Å². The van der Waals surface area contributed by atoms with Crippen LogP contribution < -0.4 is 5.32 Å². The van der Waals surface area contributed by atoms with Crippen molar-refractivity contribution in [1.82, 2.24) is 25.3 Å². The highest BCUT2D eigenvalue weighted by Crippen LogP contribution is 2.06. The van der Waals surface area contributed by atoms with Crippen LogP contribution in [-0.4, -0.2) is 25.3 Å². The fourth-order valence-corrected chi connectivity index (χ4v) is 1.33. The fourth-order valence-electron chi connectivity index (χ4n) is 1.33. The first-order chi connectivity index (χ1) is 7.92. The summed E-state index contributed by atoms with van der Waals surface area (Å²) in [6.07, 6.45) is 1.63. The third-order valence-electron chi connectivity index (χ3n) is 2.09. The smallest absolute Gasteiger partial charge is 0.200 e. The Labute approximate surface area is 90.1 Å². The van der Waals surface area contributed by atoms with Crippen LogP contribution in [0.25, 0.3) is 5.65 Å². The second-order valence-corrected chi connectivity index (χ2v) is 3.18. The Morgan fingerprint density at radius 2 is 2.31 bits per heavy atom. The summed E-state index contributed by atoms with van der Waals surface area (Å²) >= 11 is 0. The Kier molecular flexibility index (Phi) is 1.99. The number of furan rings is 1. The molecule has 0 saturated carbocycles. The van der Waals surface area contributed by atoms with Crippen LogP contribution in [0.1, 0.15) is 5.76 Å². The van der Waals surface area contributed by atoms with E-state index in [1.807, 2.05) is 18.2 Å². The van der Waals surface area contributed by atoms with Crippen LogP contribution >= 0.6 is 0 Å². The van der Waals surface area contributed by atoms with Crippen molar-refractivity contribution in [3.63, 3.8) is 0 Å². The van der Waals surface area contributed by atoms with Gasteiger partial charge in [0.2, 0.25) is 0 Å². The molecule has 0 saturated heterocycles. The van der Waals surface area contributed by atoms with Crippen LogP contribution in [0, 0.1) is 0 Å². The van der Waals surface area contributed by atoms with Gasteiger partial charge in [0.1, 0.15) is 11.6 Å². The molecule has 0 amide bonds. The van der Waals surface area contributed by atoms with E-state index >= 15 is 0 Å². The molecule has 3 aromatic rings. The van der Waals surface area contributed by atoms with E-state index in [0.717, 1.165) is 5.76 Å². The molecule has 0 aliphatic heterocycles. The Hall–Kier alpha value is -2.44. The van der Waals surface area contributed by atoms with Crippen molar-refractivity contribution in [2.24, 2.45) is 0 Å². The van der Waals surface area contributed by atoms with Gasteiger partial charge >= 0.3 is 0 Å². The summed E-state index contributed by atoms with van der Waals surface area (Å²) in [6.45, 7) is 0.577. The minimum Gasteiger partial charge on any atom is -0.467 e. The van der Waals surface area contributed by atoms with Gasteiger partial charge in [-0.05, 0) is 34.7 Å². The third-order valence-corrected chi connectivity index (χ3v) is 2.09. The molecule has 80 valence electrons. The molecule has 7 heteroatoms. The van der Waals surface area contributed by atoms with Gasteiger partial charge in [-0.2, -0.15) is 0 Å². The average Bonchev–Trinajstić information content (AvgIpc) is 2.97. The minimum atomic E-state index is 0.577. The zero-order valence-corrected chi connectivity index (χ0v) is 8.24. The summed E-state index contributed by atoms with van der Waals surface area (Å²) in [5, 5.41) is 18.2. The Morgan fingerprint density at radius 3 is 3.19 bits per heavy atom. The van der Waals surface area contributed by atoms with Gasteiger partial charge in [-0.15, -0.1) is 14.8 Å². The number of anilines is 1. The SMILES string of the molecule is c1coc(CNc2ccc3nnnn3n2)c1. The second-order valence-electron chi connectivity index (χ2n) is 3.18. The first kappa shape index (κ1) is 8.84. The number of nitrogens with one attached hydrogen (secondary N) is 1. The summed E-state index contributed by atoms with van der Waals surface area (Å²) in [4.78, 5) is 0. The Bertz CT molecular complexity index is 587. The molecule has 0 aliphatic rings. The first-order valence-corrected chi connectivity index (χ1v) is 4.73. The molecule has 0 atom stereocenters. The lowest BCUT2D eigenvalue weighted by atomic mass is 10.4. The minimum absolute atomic E-state index is 0.577. The molecule has 3 rings (SSSR count). The van der Waals surface area contributed by atoms with Gasteiger partial charge in [-0.1, -0.05) is 0 Å². The van der Waals surface area contributed by atoms with Crippen molar-refractivity contribution in [1.29, 1.82) is 0 Å². The summed E-state index contributed by atoms with van der Waals surface area (Å²) in [5.41, 5.74) is 0.614. The largest absolute Gasteiger partial charge is 0.467 e. The van der Waals surface area contributed by atoms with E-state index in [1.54, 1.807) is 12.3 Å². The van der Waals surface area contributed by atoms with Crippen LogP contribution in [0.3, 0.4) is 0 Å². The van der Waals surface area contributed by atoms with Crippen molar-refractivity contribution < 1.29 is 4.42 Å². The van der Waals surface area contributed by atoms with Crippen molar-refractivity contribution in [3.05, 3.63) is 36.3 Å². The van der Waals surface area contributed by atoms with Gasteiger partial charge in [0, 0.05) is 0 Å². The predicted molar refractivity (Wildman–Crippen MR) is 54.6 cm³/mol. The quantitative estimate of drug-likeness (QED) is 0.694.